The number of aryl methyl sites for hydroxylation is 1. The van der Waals surface area contributed by atoms with Crippen molar-refractivity contribution < 1.29 is 13.9 Å². The highest BCUT2D eigenvalue weighted by Crippen LogP contribution is 2.20. The van der Waals surface area contributed by atoms with E-state index in [9.17, 15) is 4.79 Å². The van der Waals surface area contributed by atoms with E-state index in [1.54, 1.807) is 6.20 Å². The number of hydrogen-bond donors (Lipinski definition) is 1. The zero-order valence-corrected chi connectivity index (χ0v) is 10.1. The summed E-state index contributed by atoms with van der Waals surface area (Å²) >= 11 is 0. The third-order valence-electron chi connectivity index (χ3n) is 2.91. The Bertz CT molecular complexity index is 370. The van der Waals surface area contributed by atoms with Gasteiger partial charge in [0.25, 0.3) is 0 Å². The van der Waals surface area contributed by atoms with Crippen molar-refractivity contribution >= 4 is 6.09 Å². The third kappa shape index (κ3) is 3.47. The molecule has 1 heterocycles. The van der Waals surface area contributed by atoms with Crippen molar-refractivity contribution in [3.05, 3.63) is 17.8 Å². The summed E-state index contributed by atoms with van der Waals surface area (Å²) in [5.41, 5.74) is 0. The van der Waals surface area contributed by atoms with E-state index >= 15 is 0 Å². The third-order valence-corrected chi connectivity index (χ3v) is 2.91. The first-order chi connectivity index (χ1) is 8.28. The minimum absolute atomic E-state index is 0.0887. The summed E-state index contributed by atoms with van der Waals surface area (Å²) in [6.07, 6.45) is 6.45. The molecular weight excluding hydrogens is 220 g/mol. The highest BCUT2D eigenvalue weighted by Gasteiger charge is 2.19. The largest absolute Gasteiger partial charge is 0.446 e. The highest BCUT2D eigenvalue weighted by atomic mass is 16.6. The molecule has 0 atom stereocenters. The van der Waals surface area contributed by atoms with Crippen molar-refractivity contribution in [3.8, 4) is 0 Å². The predicted molar refractivity (Wildman–Crippen MR) is 61.5 cm³/mol. The minimum Gasteiger partial charge on any atom is -0.446 e. The van der Waals surface area contributed by atoms with E-state index in [1.165, 1.54) is 0 Å². The standard InChI is InChI=1S/C12H18N2O3/c1-2-9-7-13-11(16-9)8-14-12(15)17-10-5-3-4-6-10/h7,10H,2-6,8H2,1H3,(H,14,15). The van der Waals surface area contributed by atoms with Crippen LogP contribution in [0.4, 0.5) is 4.79 Å². The van der Waals surface area contributed by atoms with Gasteiger partial charge in [-0.25, -0.2) is 9.78 Å². The summed E-state index contributed by atoms with van der Waals surface area (Å²) in [4.78, 5) is 15.5. The van der Waals surface area contributed by atoms with Gasteiger partial charge < -0.3 is 14.5 Å². The summed E-state index contributed by atoms with van der Waals surface area (Å²) in [7, 11) is 0. The van der Waals surface area contributed by atoms with Crippen LogP contribution < -0.4 is 5.32 Å². The second kappa shape index (κ2) is 5.70. The molecule has 1 saturated carbocycles. The van der Waals surface area contributed by atoms with Gasteiger partial charge in [0, 0.05) is 6.42 Å². The molecule has 2 rings (SSSR count). The molecule has 1 aliphatic carbocycles. The van der Waals surface area contributed by atoms with E-state index in [4.69, 9.17) is 9.15 Å². The Kier molecular flexibility index (Phi) is 4.01. The zero-order chi connectivity index (χ0) is 12.1. The maximum Gasteiger partial charge on any atom is 0.407 e. The molecule has 1 aliphatic rings. The maximum absolute atomic E-state index is 11.4. The lowest BCUT2D eigenvalue weighted by molar-refractivity contribution is 0.0998. The summed E-state index contributed by atoms with van der Waals surface area (Å²) in [5.74, 6) is 1.34. The second-order valence-corrected chi connectivity index (χ2v) is 4.24. The SMILES string of the molecule is CCc1cnc(CNC(=O)OC2CCCC2)o1. The Morgan fingerprint density at radius 1 is 1.59 bits per heavy atom. The second-order valence-electron chi connectivity index (χ2n) is 4.24. The molecule has 1 amide bonds. The van der Waals surface area contributed by atoms with Gasteiger partial charge in [0.05, 0.1) is 12.7 Å². The first-order valence-corrected chi connectivity index (χ1v) is 6.16. The number of aromatic nitrogens is 1. The van der Waals surface area contributed by atoms with Gasteiger partial charge in [-0.2, -0.15) is 0 Å². The Hall–Kier alpha value is -1.52. The molecule has 0 spiro atoms. The molecule has 0 saturated heterocycles. The fraction of sp³-hybridized carbons (Fsp3) is 0.667. The number of ether oxygens (including phenoxy) is 1. The van der Waals surface area contributed by atoms with Crippen LogP contribution in [0.1, 0.15) is 44.3 Å². The van der Waals surface area contributed by atoms with Crippen LogP contribution in [0.15, 0.2) is 10.6 Å². The number of rotatable bonds is 4. The van der Waals surface area contributed by atoms with Gasteiger partial charge in [0.15, 0.2) is 0 Å². The quantitative estimate of drug-likeness (QED) is 0.874. The summed E-state index contributed by atoms with van der Waals surface area (Å²) in [6, 6.07) is 0. The number of nitrogens with zero attached hydrogens (tertiary/aromatic N) is 1. The fourth-order valence-electron chi connectivity index (χ4n) is 1.94. The van der Waals surface area contributed by atoms with Crippen LogP contribution in [0.25, 0.3) is 0 Å². The van der Waals surface area contributed by atoms with Gasteiger partial charge >= 0.3 is 6.09 Å². The van der Waals surface area contributed by atoms with E-state index < -0.39 is 0 Å². The van der Waals surface area contributed by atoms with Crippen LogP contribution >= 0.6 is 0 Å². The van der Waals surface area contributed by atoms with Crippen LogP contribution in [-0.4, -0.2) is 17.2 Å². The van der Waals surface area contributed by atoms with Gasteiger partial charge in [-0.05, 0) is 25.7 Å². The average Bonchev–Trinajstić information content (AvgIpc) is 2.96. The van der Waals surface area contributed by atoms with Crippen molar-refractivity contribution in [1.82, 2.24) is 10.3 Å². The van der Waals surface area contributed by atoms with Crippen LogP contribution in [0.2, 0.25) is 0 Å². The van der Waals surface area contributed by atoms with E-state index in [0.29, 0.717) is 5.89 Å². The van der Waals surface area contributed by atoms with E-state index in [0.717, 1.165) is 37.9 Å². The van der Waals surface area contributed by atoms with Gasteiger partial charge in [0.1, 0.15) is 11.9 Å². The normalized spacial score (nSPS) is 16.1. The minimum atomic E-state index is -0.381. The molecule has 1 aromatic rings. The molecule has 1 fully saturated rings. The molecule has 0 bridgehead atoms. The number of hydrogen-bond acceptors (Lipinski definition) is 4. The molecule has 0 aliphatic heterocycles. The van der Waals surface area contributed by atoms with Crippen molar-refractivity contribution in [3.63, 3.8) is 0 Å². The van der Waals surface area contributed by atoms with Gasteiger partial charge in [-0.1, -0.05) is 6.92 Å². The van der Waals surface area contributed by atoms with Crippen molar-refractivity contribution in [2.24, 2.45) is 0 Å². The molecular formula is C12H18N2O3. The Labute approximate surface area is 101 Å². The Morgan fingerprint density at radius 3 is 3.00 bits per heavy atom. The van der Waals surface area contributed by atoms with Crippen LogP contribution in [0.5, 0.6) is 0 Å². The molecule has 94 valence electrons. The van der Waals surface area contributed by atoms with E-state index in [1.807, 2.05) is 6.92 Å². The van der Waals surface area contributed by atoms with Crippen LogP contribution in [0, 0.1) is 0 Å². The Morgan fingerprint density at radius 2 is 2.35 bits per heavy atom. The van der Waals surface area contributed by atoms with E-state index in [-0.39, 0.29) is 18.7 Å². The number of nitrogens with one attached hydrogen (secondary N) is 1. The highest BCUT2D eigenvalue weighted by molar-refractivity contribution is 5.67. The van der Waals surface area contributed by atoms with Gasteiger partial charge in [-0.15, -0.1) is 0 Å². The molecule has 1 N–H and O–H groups in total. The average molecular weight is 238 g/mol. The number of oxazole rings is 1. The van der Waals surface area contributed by atoms with Crippen molar-refractivity contribution in [2.75, 3.05) is 0 Å². The molecule has 17 heavy (non-hydrogen) atoms. The smallest absolute Gasteiger partial charge is 0.407 e. The van der Waals surface area contributed by atoms with Crippen molar-refractivity contribution in [1.29, 1.82) is 0 Å². The molecule has 5 nitrogen and oxygen atoms in total. The number of carbonyl (C=O) groups excluding carboxylic acids is 1. The number of amides is 1. The molecule has 5 heteroatoms. The molecule has 0 radical (unpaired) electrons. The summed E-state index contributed by atoms with van der Waals surface area (Å²) < 4.78 is 10.6. The lowest BCUT2D eigenvalue weighted by Crippen LogP contribution is -2.27. The van der Waals surface area contributed by atoms with Gasteiger partial charge in [-0.3, -0.25) is 0 Å². The summed E-state index contributed by atoms with van der Waals surface area (Å²) in [5, 5.41) is 2.65. The van der Waals surface area contributed by atoms with Crippen LogP contribution in [-0.2, 0) is 17.7 Å². The lowest BCUT2D eigenvalue weighted by atomic mass is 10.3. The Balaban J connectivity index is 1.71. The number of carbonyl (C=O) groups is 1. The topological polar surface area (TPSA) is 64.4 Å². The molecule has 0 aromatic carbocycles. The maximum atomic E-state index is 11.4. The van der Waals surface area contributed by atoms with Crippen molar-refractivity contribution in [2.45, 2.75) is 51.7 Å². The first kappa shape index (κ1) is 12.0. The molecule has 1 aromatic heterocycles. The predicted octanol–water partition coefficient (Wildman–Crippen LogP) is 2.41. The first-order valence-electron chi connectivity index (χ1n) is 6.16. The monoisotopic (exact) mass is 238 g/mol. The fourth-order valence-corrected chi connectivity index (χ4v) is 1.94. The number of alkyl carbamates (subject to hydrolysis) is 1. The van der Waals surface area contributed by atoms with Gasteiger partial charge in [0.2, 0.25) is 5.89 Å². The van der Waals surface area contributed by atoms with E-state index in [2.05, 4.69) is 10.3 Å². The summed E-state index contributed by atoms with van der Waals surface area (Å²) in [6.45, 7) is 2.28. The lowest BCUT2D eigenvalue weighted by Gasteiger charge is -2.11. The molecule has 0 unspecified atom stereocenters. The van der Waals surface area contributed by atoms with Crippen LogP contribution in [0.3, 0.4) is 0 Å². The zero-order valence-electron chi connectivity index (χ0n) is 10.1.